The molecule has 1 atom stereocenters. The molecule has 7 nitrogen and oxygen atoms in total. The Kier molecular flexibility index (Phi) is 4.09. The number of carbonyl (C=O) groups excluding carboxylic acids is 1. The Bertz CT molecular complexity index is 530. The topological polar surface area (TPSA) is 96.3 Å². The zero-order valence-electron chi connectivity index (χ0n) is 10.9. The van der Waals surface area contributed by atoms with Gasteiger partial charge in [-0.1, -0.05) is 6.07 Å². The fraction of sp³-hybridized carbons (Fsp3) is 0.385. The van der Waals surface area contributed by atoms with E-state index in [9.17, 15) is 14.7 Å². The molecule has 1 unspecified atom stereocenters. The molecule has 1 amide bonds. The molecule has 1 aliphatic rings. The van der Waals surface area contributed by atoms with Crippen molar-refractivity contribution in [2.75, 3.05) is 26.8 Å². The van der Waals surface area contributed by atoms with E-state index in [-0.39, 0.29) is 36.8 Å². The molecule has 0 radical (unpaired) electrons. The molecule has 1 saturated heterocycles. The summed E-state index contributed by atoms with van der Waals surface area (Å²) in [6, 6.07) is 4.58. The van der Waals surface area contributed by atoms with Gasteiger partial charge in [0.15, 0.2) is 17.6 Å². The number of morpholine rings is 1. The highest BCUT2D eigenvalue weighted by Gasteiger charge is 2.30. The number of carbonyl (C=O) groups is 2. The molecule has 1 aromatic rings. The highest BCUT2D eigenvalue weighted by atomic mass is 16.5. The van der Waals surface area contributed by atoms with Crippen molar-refractivity contribution in [3.8, 4) is 11.5 Å². The number of amides is 1. The number of benzene rings is 1. The molecule has 1 fully saturated rings. The Labute approximate surface area is 115 Å². The number of methoxy groups -OCH3 is 1. The van der Waals surface area contributed by atoms with Crippen molar-refractivity contribution in [1.82, 2.24) is 4.90 Å². The van der Waals surface area contributed by atoms with Crippen LogP contribution >= 0.6 is 0 Å². The number of rotatable bonds is 3. The molecule has 1 aliphatic heterocycles. The molecule has 0 aliphatic carbocycles. The highest BCUT2D eigenvalue weighted by molar-refractivity contribution is 5.98. The first-order chi connectivity index (χ1) is 9.54. The molecule has 0 saturated carbocycles. The number of para-hydroxylation sites is 1. The maximum atomic E-state index is 12.3. The Balaban J connectivity index is 2.21. The van der Waals surface area contributed by atoms with Gasteiger partial charge in [-0.05, 0) is 12.1 Å². The van der Waals surface area contributed by atoms with Gasteiger partial charge < -0.3 is 24.6 Å². The lowest BCUT2D eigenvalue weighted by atomic mass is 10.1. The summed E-state index contributed by atoms with van der Waals surface area (Å²) in [4.78, 5) is 24.6. The van der Waals surface area contributed by atoms with Gasteiger partial charge in [0.05, 0.1) is 25.8 Å². The zero-order valence-corrected chi connectivity index (χ0v) is 10.9. The normalized spacial score (nSPS) is 18.6. The first-order valence-corrected chi connectivity index (χ1v) is 6.04. The van der Waals surface area contributed by atoms with Crippen molar-refractivity contribution in [2.24, 2.45) is 0 Å². The number of aromatic hydroxyl groups is 1. The standard InChI is InChI=1S/C13H15NO6/c1-19-9-4-2-3-8(11(9)15)12(16)14-5-6-20-10(7-14)13(17)18/h2-4,10,15H,5-7H2,1H3,(H,17,18). The summed E-state index contributed by atoms with van der Waals surface area (Å²) in [5.74, 6) is -1.62. The van der Waals surface area contributed by atoms with Gasteiger partial charge in [0.2, 0.25) is 0 Å². The van der Waals surface area contributed by atoms with Gasteiger partial charge in [-0.15, -0.1) is 0 Å². The Hall–Kier alpha value is -2.28. The van der Waals surface area contributed by atoms with Gasteiger partial charge in [-0.25, -0.2) is 4.79 Å². The van der Waals surface area contributed by atoms with Crippen LogP contribution in [0.25, 0.3) is 0 Å². The van der Waals surface area contributed by atoms with Gasteiger partial charge in [-0.3, -0.25) is 4.79 Å². The first-order valence-electron chi connectivity index (χ1n) is 6.04. The van der Waals surface area contributed by atoms with E-state index < -0.39 is 18.0 Å². The van der Waals surface area contributed by atoms with E-state index in [2.05, 4.69) is 0 Å². The first kappa shape index (κ1) is 14.1. The molecule has 2 rings (SSSR count). The summed E-state index contributed by atoms with van der Waals surface area (Å²) in [7, 11) is 1.39. The van der Waals surface area contributed by atoms with Gasteiger partial charge >= 0.3 is 5.97 Å². The van der Waals surface area contributed by atoms with E-state index in [1.54, 1.807) is 6.07 Å². The number of aliphatic carboxylic acids is 1. The number of ether oxygens (including phenoxy) is 2. The molecule has 2 N–H and O–H groups in total. The molecule has 0 bridgehead atoms. The van der Waals surface area contributed by atoms with E-state index in [4.69, 9.17) is 14.6 Å². The second-order valence-corrected chi connectivity index (χ2v) is 4.31. The third-order valence-electron chi connectivity index (χ3n) is 3.08. The van der Waals surface area contributed by atoms with Gasteiger partial charge in [-0.2, -0.15) is 0 Å². The zero-order chi connectivity index (χ0) is 14.7. The number of phenols is 1. The predicted molar refractivity (Wildman–Crippen MR) is 67.9 cm³/mol. The van der Waals surface area contributed by atoms with Crippen LogP contribution in [0.2, 0.25) is 0 Å². The van der Waals surface area contributed by atoms with Gasteiger partial charge in [0.1, 0.15) is 0 Å². The van der Waals surface area contributed by atoms with Crippen molar-refractivity contribution >= 4 is 11.9 Å². The maximum absolute atomic E-state index is 12.3. The number of nitrogens with zero attached hydrogens (tertiary/aromatic N) is 1. The number of carboxylic acid groups (broad SMARTS) is 1. The van der Waals surface area contributed by atoms with Crippen molar-refractivity contribution in [1.29, 1.82) is 0 Å². The quantitative estimate of drug-likeness (QED) is 0.828. The van der Waals surface area contributed by atoms with Crippen molar-refractivity contribution < 1.29 is 29.3 Å². The fourth-order valence-electron chi connectivity index (χ4n) is 2.01. The minimum Gasteiger partial charge on any atom is -0.504 e. The number of hydrogen-bond donors (Lipinski definition) is 2. The van der Waals surface area contributed by atoms with Crippen LogP contribution in [0.4, 0.5) is 0 Å². The number of phenolic OH excluding ortho intramolecular Hbond substituents is 1. The minimum absolute atomic E-state index is 0.0508. The van der Waals surface area contributed by atoms with Crippen LogP contribution in [0.5, 0.6) is 11.5 Å². The van der Waals surface area contributed by atoms with Crippen molar-refractivity contribution in [3.05, 3.63) is 23.8 Å². The summed E-state index contributed by atoms with van der Waals surface area (Å²) in [5, 5.41) is 18.9. The second-order valence-electron chi connectivity index (χ2n) is 4.31. The summed E-state index contributed by atoms with van der Waals surface area (Å²) in [5.41, 5.74) is 0.0791. The van der Waals surface area contributed by atoms with Crippen molar-refractivity contribution in [2.45, 2.75) is 6.10 Å². The van der Waals surface area contributed by atoms with Crippen molar-refractivity contribution in [3.63, 3.8) is 0 Å². The van der Waals surface area contributed by atoms with Crippen LogP contribution in [0.3, 0.4) is 0 Å². The molecule has 108 valence electrons. The lowest BCUT2D eigenvalue weighted by molar-refractivity contribution is -0.154. The van der Waals surface area contributed by atoms with Crippen LogP contribution in [0, 0.1) is 0 Å². The molecule has 7 heteroatoms. The monoisotopic (exact) mass is 281 g/mol. The van der Waals surface area contributed by atoms with E-state index in [1.165, 1.54) is 24.1 Å². The summed E-state index contributed by atoms with van der Waals surface area (Å²) < 4.78 is 9.99. The third-order valence-corrected chi connectivity index (χ3v) is 3.08. The molecular weight excluding hydrogens is 266 g/mol. The van der Waals surface area contributed by atoms with E-state index >= 15 is 0 Å². The lowest BCUT2D eigenvalue weighted by Crippen LogP contribution is -2.48. The van der Waals surface area contributed by atoms with E-state index in [0.29, 0.717) is 0 Å². The van der Waals surface area contributed by atoms with Crippen LogP contribution in [-0.2, 0) is 9.53 Å². The Morgan fingerprint density at radius 1 is 1.45 bits per heavy atom. The number of hydrogen-bond acceptors (Lipinski definition) is 5. The molecule has 0 aromatic heterocycles. The third kappa shape index (κ3) is 2.67. The van der Waals surface area contributed by atoms with Crippen LogP contribution in [-0.4, -0.2) is 59.9 Å². The highest BCUT2D eigenvalue weighted by Crippen LogP contribution is 2.30. The van der Waals surface area contributed by atoms with E-state index in [1.807, 2.05) is 0 Å². The van der Waals surface area contributed by atoms with Gasteiger partial charge in [0.25, 0.3) is 5.91 Å². The molecule has 1 aromatic carbocycles. The summed E-state index contributed by atoms with van der Waals surface area (Å²) >= 11 is 0. The van der Waals surface area contributed by atoms with E-state index in [0.717, 1.165) is 0 Å². The smallest absolute Gasteiger partial charge is 0.334 e. The van der Waals surface area contributed by atoms with Crippen LogP contribution in [0.15, 0.2) is 18.2 Å². The van der Waals surface area contributed by atoms with Crippen LogP contribution < -0.4 is 4.74 Å². The molecule has 1 heterocycles. The molecular formula is C13H15NO6. The van der Waals surface area contributed by atoms with Crippen LogP contribution in [0.1, 0.15) is 10.4 Å². The maximum Gasteiger partial charge on any atom is 0.334 e. The Morgan fingerprint density at radius 3 is 2.85 bits per heavy atom. The molecule has 0 spiro atoms. The SMILES string of the molecule is COc1cccc(C(=O)N2CCOC(C(=O)O)C2)c1O. The summed E-state index contributed by atoms with van der Waals surface area (Å²) in [6.07, 6.45) is -1.04. The predicted octanol–water partition coefficient (Wildman–Crippen LogP) is 0.326. The average molecular weight is 281 g/mol. The van der Waals surface area contributed by atoms with Gasteiger partial charge in [0, 0.05) is 6.54 Å². The largest absolute Gasteiger partial charge is 0.504 e. The average Bonchev–Trinajstić information content (AvgIpc) is 2.47. The lowest BCUT2D eigenvalue weighted by Gasteiger charge is -2.31. The minimum atomic E-state index is -1.11. The number of carboxylic acids is 1. The second kappa shape index (κ2) is 5.79. The molecule has 20 heavy (non-hydrogen) atoms. The summed E-state index contributed by atoms with van der Waals surface area (Å²) in [6.45, 7) is 0.373. The Morgan fingerprint density at radius 2 is 2.20 bits per heavy atom. The fourth-order valence-corrected chi connectivity index (χ4v) is 2.01.